The van der Waals surface area contributed by atoms with Crippen molar-refractivity contribution < 1.29 is 39.2 Å². The zero-order valence-electron chi connectivity index (χ0n) is 27.7. The SMILES string of the molecule is CCC=CCC=CCC=CCC=CCC=CCCCC(=O)OCC(C)(C)[C@H](OCCc1ccc(O)c(O)c1)C(=O)NCCC(=O)O. The third-order valence-electron chi connectivity index (χ3n) is 6.82. The van der Waals surface area contributed by atoms with Gasteiger partial charge >= 0.3 is 11.9 Å². The summed E-state index contributed by atoms with van der Waals surface area (Å²) in [5.74, 6) is -2.41. The second kappa shape index (κ2) is 24.2. The number of carboxylic acid groups (broad SMARTS) is 1. The summed E-state index contributed by atoms with van der Waals surface area (Å²) in [5, 5.41) is 30.7. The largest absolute Gasteiger partial charge is 0.504 e. The molecule has 1 aromatic rings. The fraction of sp³-hybridized carbons (Fsp3) is 0.486. The number of carboxylic acids is 1. The Kier molecular flexibility index (Phi) is 21.0. The van der Waals surface area contributed by atoms with Crippen molar-refractivity contribution in [2.75, 3.05) is 19.8 Å². The van der Waals surface area contributed by atoms with Gasteiger partial charge in [-0.3, -0.25) is 14.4 Å². The first kappa shape index (κ1) is 39.9. The maximum absolute atomic E-state index is 12.9. The fourth-order valence-corrected chi connectivity index (χ4v) is 4.21. The Bertz CT molecular complexity index is 1200. The van der Waals surface area contributed by atoms with Crippen molar-refractivity contribution in [3.63, 3.8) is 0 Å². The Morgan fingerprint density at radius 3 is 2.00 bits per heavy atom. The van der Waals surface area contributed by atoms with Crippen molar-refractivity contribution >= 4 is 17.8 Å². The lowest BCUT2D eigenvalue weighted by molar-refractivity contribution is -0.157. The van der Waals surface area contributed by atoms with Crippen molar-refractivity contribution in [1.29, 1.82) is 0 Å². The highest BCUT2D eigenvalue weighted by Gasteiger charge is 2.37. The molecule has 0 unspecified atom stereocenters. The molecule has 1 atom stereocenters. The summed E-state index contributed by atoms with van der Waals surface area (Å²) < 4.78 is 11.4. The Morgan fingerprint density at radius 2 is 1.43 bits per heavy atom. The van der Waals surface area contributed by atoms with E-state index in [1.807, 2.05) is 6.08 Å². The molecule has 0 fully saturated rings. The van der Waals surface area contributed by atoms with Crippen molar-refractivity contribution in [1.82, 2.24) is 5.32 Å². The highest BCUT2D eigenvalue weighted by molar-refractivity contribution is 5.82. The molecule has 4 N–H and O–H groups in total. The number of carbonyl (C=O) groups excluding carboxylic acids is 2. The maximum atomic E-state index is 12.9. The number of aliphatic carboxylic acids is 1. The predicted octanol–water partition coefficient (Wildman–Crippen LogP) is 7.11. The minimum atomic E-state index is -1.04. The van der Waals surface area contributed by atoms with E-state index in [0.29, 0.717) is 18.4 Å². The number of hydrogen-bond donors (Lipinski definition) is 4. The molecule has 0 bridgehead atoms. The van der Waals surface area contributed by atoms with Gasteiger partial charge < -0.3 is 30.1 Å². The van der Waals surface area contributed by atoms with Gasteiger partial charge in [0.05, 0.1) is 19.6 Å². The molecule has 1 rings (SSSR count). The summed E-state index contributed by atoms with van der Waals surface area (Å²) in [4.78, 5) is 36.2. The highest BCUT2D eigenvalue weighted by Crippen LogP contribution is 2.27. The van der Waals surface area contributed by atoms with E-state index in [0.717, 1.165) is 38.5 Å². The lowest BCUT2D eigenvalue weighted by Crippen LogP contribution is -2.48. The van der Waals surface area contributed by atoms with Gasteiger partial charge in [-0.2, -0.15) is 0 Å². The van der Waals surface area contributed by atoms with E-state index in [9.17, 15) is 24.6 Å². The summed E-state index contributed by atoms with van der Waals surface area (Å²) in [5.41, 5.74) is -0.221. The van der Waals surface area contributed by atoms with Crippen LogP contribution < -0.4 is 5.32 Å². The summed E-state index contributed by atoms with van der Waals surface area (Å²) in [6.45, 7) is 5.59. The smallest absolute Gasteiger partial charge is 0.305 e. The van der Waals surface area contributed by atoms with Crippen LogP contribution >= 0.6 is 0 Å². The normalized spacial score (nSPS) is 13.0. The van der Waals surface area contributed by atoms with Gasteiger partial charge in [0.2, 0.25) is 5.91 Å². The summed E-state index contributed by atoms with van der Waals surface area (Å²) >= 11 is 0. The first-order chi connectivity index (χ1) is 22.1. The Morgan fingerprint density at radius 1 is 0.848 bits per heavy atom. The third-order valence-corrected chi connectivity index (χ3v) is 6.82. The highest BCUT2D eigenvalue weighted by atomic mass is 16.5. The van der Waals surface area contributed by atoms with Crippen LogP contribution in [0, 0.1) is 5.41 Å². The van der Waals surface area contributed by atoms with Crippen LogP contribution in [-0.2, 0) is 30.3 Å². The molecule has 1 amide bonds. The minimum Gasteiger partial charge on any atom is -0.504 e. The monoisotopic (exact) mass is 639 g/mol. The first-order valence-corrected chi connectivity index (χ1v) is 16.1. The lowest BCUT2D eigenvalue weighted by atomic mass is 9.86. The third kappa shape index (κ3) is 19.3. The van der Waals surface area contributed by atoms with Crippen LogP contribution in [-0.4, -0.2) is 59.0 Å². The van der Waals surface area contributed by atoms with Crippen LogP contribution in [0.1, 0.15) is 84.1 Å². The molecule has 1 aromatic carbocycles. The number of nitrogens with one attached hydrogen (secondary N) is 1. The number of carbonyl (C=O) groups is 3. The van der Waals surface area contributed by atoms with Gasteiger partial charge in [0, 0.05) is 18.4 Å². The van der Waals surface area contributed by atoms with Gasteiger partial charge in [0.1, 0.15) is 6.10 Å². The molecule has 0 aromatic heterocycles. The number of amides is 1. The number of aromatic hydroxyl groups is 2. The standard InChI is InChI=1S/C37H53NO8/c1-4-5-6-7-8-9-10-11-12-13-14-15-16-17-18-19-20-21-34(43)46-29-37(2,3)35(36(44)38-26-24-33(41)42)45-27-25-30-22-23-31(39)32(40)28-30/h5-6,8-9,11-12,14-15,17-18,22-23,28,35,39-40H,4,7,10,13,16,19-21,24-27,29H2,1-3H3,(H,38,44)(H,41,42)/t35-/m1/s1. The van der Waals surface area contributed by atoms with E-state index in [1.165, 1.54) is 12.1 Å². The number of rotatable bonds is 24. The number of allylic oxidation sites excluding steroid dienone is 10. The molecule has 0 aliphatic rings. The van der Waals surface area contributed by atoms with Crippen molar-refractivity contribution in [2.45, 2.75) is 91.1 Å². The molecule has 0 radical (unpaired) electrons. The maximum Gasteiger partial charge on any atom is 0.305 e. The van der Waals surface area contributed by atoms with E-state index >= 15 is 0 Å². The molecule has 9 nitrogen and oxygen atoms in total. The van der Waals surface area contributed by atoms with Crippen LogP contribution in [0.3, 0.4) is 0 Å². The van der Waals surface area contributed by atoms with Crippen LogP contribution in [0.2, 0.25) is 0 Å². The zero-order chi connectivity index (χ0) is 34.0. The Hall–Kier alpha value is -4.11. The molecule has 0 aliphatic carbocycles. The van der Waals surface area contributed by atoms with Gasteiger partial charge in [0.15, 0.2) is 11.5 Å². The van der Waals surface area contributed by atoms with E-state index in [4.69, 9.17) is 14.6 Å². The van der Waals surface area contributed by atoms with Gasteiger partial charge in [0.25, 0.3) is 0 Å². The summed E-state index contributed by atoms with van der Waals surface area (Å²) in [7, 11) is 0. The van der Waals surface area contributed by atoms with Crippen LogP contribution in [0.25, 0.3) is 0 Å². The number of phenols is 2. The van der Waals surface area contributed by atoms with Gasteiger partial charge in [-0.15, -0.1) is 0 Å². The molecular formula is C37H53NO8. The van der Waals surface area contributed by atoms with E-state index in [-0.39, 0.29) is 50.1 Å². The number of ether oxygens (including phenoxy) is 2. The minimum absolute atomic E-state index is 0.0640. The average Bonchev–Trinajstić information content (AvgIpc) is 3.01. The van der Waals surface area contributed by atoms with Crippen LogP contribution in [0.15, 0.2) is 79.0 Å². The number of benzene rings is 1. The van der Waals surface area contributed by atoms with E-state index < -0.39 is 23.4 Å². The zero-order valence-corrected chi connectivity index (χ0v) is 27.7. The summed E-state index contributed by atoms with van der Waals surface area (Å²) in [6, 6.07) is 4.41. The molecular weight excluding hydrogens is 586 g/mol. The second-order valence-electron chi connectivity index (χ2n) is 11.5. The fourth-order valence-electron chi connectivity index (χ4n) is 4.21. The van der Waals surface area contributed by atoms with Gasteiger partial charge in [-0.25, -0.2) is 0 Å². The summed E-state index contributed by atoms with van der Waals surface area (Å²) in [6.07, 6.45) is 26.8. The van der Waals surface area contributed by atoms with E-state index in [1.54, 1.807) is 19.9 Å². The van der Waals surface area contributed by atoms with Gasteiger partial charge in [-0.05, 0) is 69.1 Å². The topological polar surface area (TPSA) is 142 Å². The number of unbranched alkanes of at least 4 members (excludes halogenated alkanes) is 1. The Balaban J connectivity index is 2.43. The molecule has 254 valence electrons. The quantitative estimate of drug-likeness (QED) is 0.0406. The van der Waals surface area contributed by atoms with Crippen molar-refractivity contribution in [3.05, 3.63) is 84.5 Å². The van der Waals surface area contributed by atoms with Gasteiger partial charge in [-0.1, -0.05) is 87.6 Å². The number of phenolic OH excluding ortho intramolecular Hbond substituents is 2. The molecule has 0 aliphatic heterocycles. The number of esters is 1. The molecule has 0 saturated carbocycles. The van der Waals surface area contributed by atoms with E-state index in [2.05, 4.69) is 66.9 Å². The molecule has 0 saturated heterocycles. The van der Waals surface area contributed by atoms with Crippen LogP contribution in [0.5, 0.6) is 11.5 Å². The molecule has 9 heteroatoms. The molecule has 46 heavy (non-hydrogen) atoms. The lowest BCUT2D eigenvalue weighted by Gasteiger charge is -2.32. The molecule has 0 spiro atoms. The van der Waals surface area contributed by atoms with Crippen molar-refractivity contribution in [3.8, 4) is 11.5 Å². The Labute approximate surface area is 274 Å². The van der Waals surface area contributed by atoms with Crippen molar-refractivity contribution in [2.24, 2.45) is 5.41 Å². The average molecular weight is 640 g/mol. The second-order valence-corrected chi connectivity index (χ2v) is 11.5. The van der Waals surface area contributed by atoms with Crippen LogP contribution in [0.4, 0.5) is 0 Å². The first-order valence-electron chi connectivity index (χ1n) is 16.1. The predicted molar refractivity (Wildman–Crippen MR) is 182 cm³/mol. The number of hydrogen-bond acceptors (Lipinski definition) is 7. The molecule has 0 heterocycles.